The Morgan fingerprint density at radius 1 is 1.50 bits per heavy atom. The Kier molecular flexibility index (Phi) is 4.53. The number of halogens is 1. The van der Waals surface area contributed by atoms with Crippen molar-refractivity contribution in [3.8, 4) is 0 Å². The van der Waals surface area contributed by atoms with E-state index >= 15 is 0 Å². The van der Waals surface area contributed by atoms with Crippen LogP contribution in [-0.2, 0) is 19.9 Å². The minimum Gasteiger partial charge on any atom is -0.265 e. The van der Waals surface area contributed by atoms with Crippen LogP contribution in [0.25, 0.3) is 0 Å². The highest BCUT2D eigenvalue weighted by atomic mass is 79.9. The molecule has 1 rings (SSSR count). The Bertz CT molecular complexity index is 449. The summed E-state index contributed by atoms with van der Waals surface area (Å²) in [6.45, 7) is 8.20. The van der Waals surface area contributed by atoms with Crippen LogP contribution in [0.4, 0.5) is 5.69 Å². The lowest BCUT2D eigenvalue weighted by molar-refractivity contribution is -0.386. The van der Waals surface area contributed by atoms with Gasteiger partial charge in [-0.1, -0.05) is 43.6 Å². The predicted molar refractivity (Wildman–Crippen MR) is 75.1 cm³/mol. The van der Waals surface area contributed by atoms with Crippen molar-refractivity contribution in [1.29, 1.82) is 0 Å². The normalized spacial score (nSPS) is 13.7. The van der Waals surface area contributed by atoms with E-state index in [1.54, 1.807) is 11.7 Å². The minimum atomic E-state index is -0.316. The summed E-state index contributed by atoms with van der Waals surface area (Å²) < 4.78 is 1.64. The summed E-state index contributed by atoms with van der Waals surface area (Å²) in [6.07, 6.45) is 1.18. The van der Waals surface area contributed by atoms with Gasteiger partial charge in [0.15, 0.2) is 0 Å². The van der Waals surface area contributed by atoms with Gasteiger partial charge < -0.3 is 0 Å². The molecular weight excluding hydrogens is 298 g/mol. The summed E-state index contributed by atoms with van der Waals surface area (Å²) in [4.78, 5) is 11.0. The lowest BCUT2D eigenvalue weighted by Gasteiger charge is -2.25. The molecule has 0 saturated heterocycles. The van der Waals surface area contributed by atoms with Crippen molar-refractivity contribution >= 4 is 21.6 Å². The number of nitro groups is 1. The van der Waals surface area contributed by atoms with Gasteiger partial charge in [0.05, 0.1) is 4.92 Å². The first-order chi connectivity index (χ1) is 8.18. The van der Waals surface area contributed by atoms with Gasteiger partial charge in [0.25, 0.3) is 0 Å². The van der Waals surface area contributed by atoms with E-state index in [0.717, 1.165) is 0 Å². The highest BCUT2D eigenvalue weighted by Crippen LogP contribution is 2.33. The number of rotatable bonds is 4. The van der Waals surface area contributed by atoms with Gasteiger partial charge in [0.1, 0.15) is 11.4 Å². The van der Waals surface area contributed by atoms with E-state index < -0.39 is 0 Å². The largest absolute Gasteiger partial charge is 0.313 e. The number of hydrogen-bond acceptors (Lipinski definition) is 3. The molecule has 1 unspecified atom stereocenters. The standard InChI is InChI=1S/C12H20BrN3O2/c1-6-8-11(16(17)18)9(15(5)14-8)7-10(13)12(2,3)4/h10H,6-7H2,1-5H3. The van der Waals surface area contributed by atoms with Crippen molar-refractivity contribution in [3.05, 3.63) is 21.5 Å². The molecule has 0 spiro atoms. The first-order valence-electron chi connectivity index (χ1n) is 6.01. The van der Waals surface area contributed by atoms with Gasteiger partial charge in [-0.25, -0.2) is 0 Å². The molecule has 0 aliphatic heterocycles. The Morgan fingerprint density at radius 3 is 2.44 bits per heavy atom. The van der Waals surface area contributed by atoms with Crippen molar-refractivity contribution in [2.45, 2.75) is 45.4 Å². The van der Waals surface area contributed by atoms with Crippen molar-refractivity contribution in [2.75, 3.05) is 0 Å². The molecule has 0 N–H and O–H groups in total. The van der Waals surface area contributed by atoms with E-state index in [-0.39, 0.29) is 20.9 Å². The van der Waals surface area contributed by atoms with Crippen LogP contribution < -0.4 is 0 Å². The Hall–Kier alpha value is -0.910. The van der Waals surface area contributed by atoms with E-state index in [1.807, 2.05) is 6.92 Å². The van der Waals surface area contributed by atoms with Crippen molar-refractivity contribution in [3.63, 3.8) is 0 Å². The molecule has 1 aromatic rings. The molecule has 0 saturated carbocycles. The number of aromatic nitrogens is 2. The maximum atomic E-state index is 11.2. The summed E-state index contributed by atoms with van der Waals surface area (Å²) in [6, 6.07) is 0. The van der Waals surface area contributed by atoms with Gasteiger partial charge in [-0.3, -0.25) is 14.8 Å². The van der Waals surface area contributed by atoms with Crippen LogP contribution in [0.1, 0.15) is 39.1 Å². The summed E-state index contributed by atoms with van der Waals surface area (Å²) >= 11 is 3.62. The highest BCUT2D eigenvalue weighted by molar-refractivity contribution is 9.09. The number of hydrogen-bond donors (Lipinski definition) is 0. The number of nitrogens with zero attached hydrogens (tertiary/aromatic N) is 3. The van der Waals surface area contributed by atoms with E-state index in [9.17, 15) is 10.1 Å². The second kappa shape index (κ2) is 5.38. The fraction of sp³-hybridized carbons (Fsp3) is 0.750. The molecule has 6 heteroatoms. The molecule has 0 amide bonds. The van der Waals surface area contributed by atoms with Crippen molar-refractivity contribution in [2.24, 2.45) is 12.5 Å². The van der Waals surface area contributed by atoms with Crippen LogP contribution in [-0.4, -0.2) is 19.5 Å². The molecule has 0 radical (unpaired) electrons. The molecule has 1 heterocycles. The Morgan fingerprint density at radius 2 is 2.06 bits per heavy atom. The van der Waals surface area contributed by atoms with Crippen molar-refractivity contribution < 1.29 is 4.92 Å². The van der Waals surface area contributed by atoms with Gasteiger partial charge in [-0.05, 0) is 11.8 Å². The fourth-order valence-corrected chi connectivity index (χ4v) is 2.07. The zero-order chi connectivity index (χ0) is 14.1. The van der Waals surface area contributed by atoms with E-state index in [4.69, 9.17) is 0 Å². The summed E-state index contributed by atoms with van der Waals surface area (Å²) in [5, 5.41) is 15.4. The lowest BCUT2D eigenvalue weighted by atomic mass is 9.89. The van der Waals surface area contributed by atoms with Crippen LogP contribution in [0.15, 0.2) is 0 Å². The second-order valence-electron chi connectivity index (χ2n) is 5.51. The molecule has 1 aromatic heterocycles. The van der Waals surface area contributed by atoms with E-state index in [2.05, 4.69) is 41.8 Å². The van der Waals surface area contributed by atoms with Gasteiger partial charge in [-0.15, -0.1) is 0 Å². The fourth-order valence-electron chi connectivity index (χ4n) is 1.76. The average molecular weight is 318 g/mol. The highest BCUT2D eigenvalue weighted by Gasteiger charge is 2.30. The molecule has 0 fully saturated rings. The molecule has 0 aliphatic rings. The maximum absolute atomic E-state index is 11.2. The predicted octanol–water partition coefficient (Wildman–Crippen LogP) is 3.24. The quantitative estimate of drug-likeness (QED) is 0.486. The van der Waals surface area contributed by atoms with Gasteiger partial charge in [0.2, 0.25) is 0 Å². The average Bonchev–Trinajstić information content (AvgIpc) is 2.54. The van der Waals surface area contributed by atoms with Gasteiger partial charge >= 0.3 is 5.69 Å². The summed E-state index contributed by atoms with van der Waals surface area (Å²) in [5.74, 6) is 0. The third-order valence-corrected chi connectivity index (χ3v) is 4.74. The molecule has 1 atom stereocenters. The zero-order valence-electron chi connectivity index (χ0n) is 11.5. The second-order valence-corrected chi connectivity index (χ2v) is 6.62. The Labute approximate surface area is 116 Å². The molecule has 102 valence electrons. The van der Waals surface area contributed by atoms with Crippen LogP contribution in [0.3, 0.4) is 0 Å². The zero-order valence-corrected chi connectivity index (χ0v) is 13.1. The lowest BCUT2D eigenvalue weighted by Crippen LogP contribution is -2.23. The summed E-state index contributed by atoms with van der Waals surface area (Å²) in [7, 11) is 1.77. The van der Waals surface area contributed by atoms with E-state index in [1.165, 1.54) is 0 Å². The molecule has 0 aliphatic carbocycles. The third-order valence-electron chi connectivity index (χ3n) is 3.04. The van der Waals surface area contributed by atoms with Crippen molar-refractivity contribution in [1.82, 2.24) is 9.78 Å². The van der Waals surface area contributed by atoms with Crippen LogP contribution in [0.5, 0.6) is 0 Å². The van der Waals surface area contributed by atoms with Gasteiger partial charge in [-0.2, -0.15) is 5.10 Å². The topological polar surface area (TPSA) is 61.0 Å². The van der Waals surface area contributed by atoms with E-state index in [0.29, 0.717) is 24.2 Å². The molecule has 0 bridgehead atoms. The minimum absolute atomic E-state index is 0.0461. The first kappa shape index (κ1) is 15.1. The smallest absolute Gasteiger partial charge is 0.265 e. The molecule has 18 heavy (non-hydrogen) atoms. The maximum Gasteiger partial charge on any atom is 0.313 e. The summed E-state index contributed by atoms with van der Waals surface area (Å²) in [5.41, 5.74) is 1.47. The van der Waals surface area contributed by atoms with Gasteiger partial charge in [0, 0.05) is 18.3 Å². The van der Waals surface area contributed by atoms with Crippen LogP contribution in [0.2, 0.25) is 0 Å². The molecular formula is C12H20BrN3O2. The monoisotopic (exact) mass is 317 g/mol. The van der Waals surface area contributed by atoms with Crippen LogP contribution in [0, 0.1) is 15.5 Å². The molecule has 5 nitrogen and oxygen atoms in total. The third kappa shape index (κ3) is 3.10. The Balaban J connectivity index is 3.16. The number of aryl methyl sites for hydroxylation is 2. The SMILES string of the molecule is CCc1nn(C)c(CC(Br)C(C)(C)C)c1[N+](=O)[O-]. The first-order valence-corrected chi connectivity index (χ1v) is 6.93. The number of alkyl halides is 1. The van der Waals surface area contributed by atoms with Crippen LogP contribution >= 0.6 is 15.9 Å². The molecule has 0 aromatic carbocycles.